The van der Waals surface area contributed by atoms with Crippen molar-refractivity contribution in [2.24, 2.45) is 0 Å². The number of halogens is 1. The smallest absolute Gasteiger partial charge is 0.326 e. The number of carboxylic acids is 2. The molecule has 0 spiro atoms. The molecule has 1 atom stereocenters. The molecule has 0 aliphatic rings. The van der Waals surface area contributed by atoms with Gasteiger partial charge < -0.3 is 20.8 Å². The minimum atomic E-state index is -1.46. The first-order valence-corrected chi connectivity index (χ1v) is 6.49. The van der Waals surface area contributed by atoms with Crippen LogP contribution in [0.1, 0.15) is 12.0 Å². The van der Waals surface area contributed by atoms with Crippen LogP contribution in [0.3, 0.4) is 0 Å². The van der Waals surface area contributed by atoms with Gasteiger partial charge in [0.15, 0.2) is 0 Å². The summed E-state index contributed by atoms with van der Waals surface area (Å²) in [6.07, 6.45) is -0.138. The molecule has 1 aromatic carbocycles. The summed E-state index contributed by atoms with van der Waals surface area (Å²) >= 11 is 5.74. The lowest BCUT2D eigenvalue weighted by atomic mass is 10.1. The van der Waals surface area contributed by atoms with E-state index < -0.39 is 30.4 Å². The summed E-state index contributed by atoms with van der Waals surface area (Å²) in [5, 5.41) is 22.5. The lowest BCUT2D eigenvalue weighted by Crippen LogP contribution is -2.47. The monoisotopic (exact) mass is 314 g/mol. The van der Waals surface area contributed by atoms with Crippen LogP contribution in [0.25, 0.3) is 0 Å². The number of hydrogen-bond donors (Lipinski definition) is 4. The summed E-state index contributed by atoms with van der Waals surface area (Å²) in [7, 11) is 0. The highest BCUT2D eigenvalue weighted by Gasteiger charge is 2.22. The third kappa shape index (κ3) is 6.62. The summed E-state index contributed by atoms with van der Waals surface area (Å²) in [6, 6.07) is 4.89. The van der Waals surface area contributed by atoms with Gasteiger partial charge in [-0.3, -0.25) is 4.79 Å². The highest BCUT2D eigenvalue weighted by atomic mass is 35.5. The molecular weight excluding hydrogens is 300 g/mol. The molecule has 0 unspecified atom stereocenters. The molecule has 2 amide bonds. The zero-order valence-electron chi connectivity index (χ0n) is 11.0. The van der Waals surface area contributed by atoms with Crippen LogP contribution in [0.4, 0.5) is 4.79 Å². The van der Waals surface area contributed by atoms with E-state index in [4.69, 9.17) is 21.8 Å². The average molecular weight is 315 g/mol. The molecule has 0 saturated heterocycles. The number of carboxylic acid groups (broad SMARTS) is 2. The Morgan fingerprint density at radius 3 is 2.29 bits per heavy atom. The van der Waals surface area contributed by atoms with E-state index in [1.807, 2.05) is 12.1 Å². The van der Waals surface area contributed by atoms with Gasteiger partial charge in [0, 0.05) is 11.6 Å². The van der Waals surface area contributed by atoms with Crippen LogP contribution in [-0.2, 0) is 16.0 Å². The van der Waals surface area contributed by atoms with E-state index in [9.17, 15) is 14.4 Å². The SMILES string of the molecule is O=C(O)C[C@H](NC(=O)NCCc1ccc(Cl)cc1)C(=O)O. The van der Waals surface area contributed by atoms with Crippen molar-refractivity contribution in [3.8, 4) is 0 Å². The standard InChI is InChI=1S/C13H15ClN2O5/c14-9-3-1-8(2-4-9)5-6-15-13(21)16-10(12(19)20)7-11(17)18/h1-4,10H,5-7H2,(H,17,18)(H,19,20)(H2,15,16,21)/t10-/m0/s1. The number of carbonyl (C=O) groups is 3. The molecule has 114 valence electrons. The van der Waals surface area contributed by atoms with Gasteiger partial charge in [-0.1, -0.05) is 23.7 Å². The minimum Gasteiger partial charge on any atom is -0.481 e. The van der Waals surface area contributed by atoms with E-state index in [1.54, 1.807) is 12.1 Å². The van der Waals surface area contributed by atoms with Crippen LogP contribution in [0.15, 0.2) is 24.3 Å². The van der Waals surface area contributed by atoms with Crippen LogP contribution in [0.2, 0.25) is 5.02 Å². The average Bonchev–Trinajstić information content (AvgIpc) is 2.39. The van der Waals surface area contributed by atoms with Crippen LogP contribution in [-0.4, -0.2) is 40.8 Å². The number of rotatable bonds is 7. The molecule has 0 aliphatic carbocycles. The number of nitrogens with one attached hydrogen (secondary N) is 2. The Hall–Kier alpha value is -2.28. The zero-order chi connectivity index (χ0) is 15.8. The molecule has 0 saturated carbocycles. The van der Waals surface area contributed by atoms with E-state index in [0.717, 1.165) is 5.56 Å². The van der Waals surface area contributed by atoms with Gasteiger partial charge in [0.1, 0.15) is 6.04 Å². The Bertz CT molecular complexity index is 518. The second-order valence-corrected chi connectivity index (χ2v) is 4.70. The third-order valence-corrected chi connectivity index (χ3v) is 2.85. The Balaban J connectivity index is 2.37. The molecule has 0 heterocycles. The summed E-state index contributed by atoms with van der Waals surface area (Å²) in [6.45, 7) is 0.285. The summed E-state index contributed by atoms with van der Waals surface area (Å²) < 4.78 is 0. The Morgan fingerprint density at radius 2 is 1.76 bits per heavy atom. The van der Waals surface area contributed by atoms with Crippen molar-refractivity contribution >= 4 is 29.6 Å². The summed E-state index contributed by atoms with van der Waals surface area (Å²) in [5.74, 6) is -2.70. The number of carbonyl (C=O) groups excluding carboxylic acids is 1. The van der Waals surface area contributed by atoms with Crippen LogP contribution in [0.5, 0.6) is 0 Å². The van der Waals surface area contributed by atoms with Gasteiger partial charge in [-0.05, 0) is 24.1 Å². The van der Waals surface area contributed by atoms with Gasteiger partial charge in [0.05, 0.1) is 6.42 Å². The van der Waals surface area contributed by atoms with E-state index in [-0.39, 0.29) is 6.54 Å². The lowest BCUT2D eigenvalue weighted by Gasteiger charge is -2.13. The number of amides is 2. The Labute approximate surface area is 125 Å². The first kappa shape index (κ1) is 16.8. The molecule has 0 radical (unpaired) electrons. The van der Waals surface area contributed by atoms with E-state index >= 15 is 0 Å². The largest absolute Gasteiger partial charge is 0.481 e. The molecule has 0 aliphatic heterocycles. The fourth-order valence-corrected chi connectivity index (χ4v) is 1.68. The highest BCUT2D eigenvalue weighted by molar-refractivity contribution is 6.30. The number of hydrogen-bond acceptors (Lipinski definition) is 3. The number of benzene rings is 1. The molecule has 0 aromatic heterocycles. The molecule has 1 aromatic rings. The van der Waals surface area contributed by atoms with Gasteiger partial charge in [-0.25, -0.2) is 9.59 Å². The van der Waals surface area contributed by atoms with E-state index in [2.05, 4.69) is 10.6 Å². The second kappa shape index (κ2) is 8.11. The molecule has 8 heteroatoms. The maximum atomic E-state index is 11.5. The lowest BCUT2D eigenvalue weighted by molar-refractivity contribution is -0.145. The molecule has 0 bridgehead atoms. The summed E-state index contributed by atoms with van der Waals surface area (Å²) in [5.41, 5.74) is 0.958. The van der Waals surface area contributed by atoms with Crippen molar-refractivity contribution in [2.75, 3.05) is 6.54 Å². The Kier molecular flexibility index (Phi) is 6.48. The number of urea groups is 1. The fraction of sp³-hybridized carbons (Fsp3) is 0.308. The topological polar surface area (TPSA) is 116 Å². The van der Waals surface area contributed by atoms with E-state index in [0.29, 0.717) is 11.4 Å². The van der Waals surface area contributed by atoms with Crippen molar-refractivity contribution in [1.29, 1.82) is 0 Å². The first-order chi connectivity index (χ1) is 9.88. The molecule has 4 N–H and O–H groups in total. The van der Waals surface area contributed by atoms with Gasteiger partial charge >= 0.3 is 18.0 Å². The number of aliphatic carboxylic acids is 2. The molecule has 1 rings (SSSR count). The van der Waals surface area contributed by atoms with Gasteiger partial charge in [0.2, 0.25) is 0 Å². The predicted octanol–water partition coefficient (Wildman–Crippen LogP) is 1.11. The van der Waals surface area contributed by atoms with Crippen molar-refractivity contribution in [1.82, 2.24) is 10.6 Å². The Morgan fingerprint density at radius 1 is 1.14 bits per heavy atom. The van der Waals surface area contributed by atoms with Crippen LogP contribution in [0, 0.1) is 0 Å². The predicted molar refractivity (Wildman–Crippen MR) is 75.4 cm³/mol. The van der Waals surface area contributed by atoms with Gasteiger partial charge in [-0.2, -0.15) is 0 Å². The van der Waals surface area contributed by atoms with Crippen molar-refractivity contribution in [3.63, 3.8) is 0 Å². The maximum Gasteiger partial charge on any atom is 0.326 e. The minimum absolute atomic E-state index is 0.285. The fourth-order valence-electron chi connectivity index (χ4n) is 1.56. The highest BCUT2D eigenvalue weighted by Crippen LogP contribution is 2.09. The van der Waals surface area contributed by atoms with Crippen molar-refractivity contribution < 1.29 is 24.6 Å². The second-order valence-electron chi connectivity index (χ2n) is 4.27. The molecule has 7 nitrogen and oxygen atoms in total. The maximum absolute atomic E-state index is 11.5. The van der Waals surface area contributed by atoms with Gasteiger partial charge in [-0.15, -0.1) is 0 Å². The molecule has 21 heavy (non-hydrogen) atoms. The zero-order valence-corrected chi connectivity index (χ0v) is 11.8. The van der Waals surface area contributed by atoms with Crippen molar-refractivity contribution in [3.05, 3.63) is 34.9 Å². The van der Waals surface area contributed by atoms with Gasteiger partial charge in [0.25, 0.3) is 0 Å². The normalized spacial score (nSPS) is 11.5. The van der Waals surface area contributed by atoms with Crippen LogP contribution >= 0.6 is 11.6 Å². The molecule has 0 fully saturated rings. The molecular formula is C13H15ClN2O5. The van der Waals surface area contributed by atoms with E-state index in [1.165, 1.54) is 0 Å². The third-order valence-electron chi connectivity index (χ3n) is 2.59. The quantitative estimate of drug-likeness (QED) is 0.601. The van der Waals surface area contributed by atoms with Crippen LogP contribution < -0.4 is 10.6 Å². The van der Waals surface area contributed by atoms with Crippen molar-refractivity contribution in [2.45, 2.75) is 18.9 Å². The first-order valence-electron chi connectivity index (χ1n) is 6.12. The summed E-state index contributed by atoms with van der Waals surface area (Å²) in [4.78, 5) is 32.7.